The van der Waals surface area contributed by atoms with Crippen molar-refractivity contribution in [2.24, 2.45) is 5.92 Å². The molecule has 2 rings (SSSR count). The second-order valence-corrected chi connectivity index (χ2v) is 8.92. The average molecular weight is 404 g/mol. The van der Waals surface area contributed by atoms with Gasteiger partial charge in [0.25, 0.3) is 0 Å². The quantitative estimate of drug-likeness (QED) is 0.686. The van der Waals surface area contributed by atoms with Gasteiger partial charge in [-0.3, -0.25) is 4.79 Å². The van der Waals surface area contributed by atoms with Crippen LogP contribution in [0.2, 0.25) is 0 Å². The van der Waals surface area contributed by atoms with Gasteiger partial charge in [-0.15, -0.1) is 6.58 Å². The number of rotatable bonds is 6. The highest BCUT2D eigenvalue weighted by Crippen LogP contribution is 2.23. The summed E-state index contributed by atoms with van der Waals surface area (Å²) in [7, 11) is -3.01. The molecular weight excluding hydrogens is 385 g/mol. The normalized spacial score (nSPS) is 19.5. The van der Waals surface area contributed by atoms with Crippen molar-refractivity contribution in [1.29, 1.82) is 0 Å². The van der Waals surface area contributed by atoms with Crippen molar-refractivity contribution in [2.75, 3.05) is 18.1 Å². The Morgan fingerprint density at radius 3 is 2.83 bits per heavy atom. The largest absolute Gasteiger partial charge is 0.335 e. The minimum atomic E-state index is -3.01. The number of hydrogen-bond donors (Lipinski definition) is 0. The van der Waals surface area contributed by atoms with E-state index in [2.05, 4.69) is 22.5 Å². The molecule has 0 N–H and O–H groups in total. The molecule has 0 bridgehead atoms. The third-order valence-corrected chi connectivity index (χ3v) is 6.19. The van der Waals surface area contributed by atoms with E-state index < -0.39 is 9.84 Å². The Kier molecular flexibility index (Phi) is 5.97. The molecule has 1 unspecified atom stereocenters. The molecule has 1 aliphatic rings. The molecule has 1 aromatic carbocycles. The van der Waals surface area contributed by atoms with Gasteiger partial charge in [0.15, 0.2) is 9.84 Å². The van der Waals surface area contributed by atoms with Crippen molar-refractivity contribution < 1.29 is 17.6 Å². The van der Waals surface area contributed by atoms with E-state index >= 15 is 0 Å². The van der Waals surface area contributed by atoms with Crippen LogP contribution in [0.5, 0.6) is 0 Å². The van der Waals surface area contributed by atoms with Crippen LogP contribution in [-0.2, 0) is 21.2 Å². The molecule has 1 aromatic rings. The monoisotopic (exact) mass is 403 g/mol. The fourth-order valence-corrected chi connectivity index (χ4v) is 4.96. The summed E-state index contributed by atoms with van der Waals surface area (Å²) in [5.41, 5.74) is 0.411. The minimum Gasteiger partial charge on any atom is -0.335 e. The van der Waals surface area contributed by atoms with Gasteiger partial charge in [0, 0.05) is 29.5 Å². The van der Waals surface area contributed by atoms with Crippen LogP contribution in [0.15, 0.2) is 35.3 Å². The zero-order valence-corrected chi connectivity index (χ0v) is 15.1. The lowest BCUT2D eigenvalue weighted by molar-refractivity contribution is -0.132. The van der Waals surface area contributed by atoms with Gasteiger partial charge in [-0.25, -0.2) is 12.8 Å². The molecule has 1 heterocycles. The van der Waals surface area contributed by atoms with Gasteiger partial charge >= 0.3 is 0 Å². The van der Waals surface area contributed by atoms with Crippen LogP contribution in [0.4, 0.5) is 4.39 Å². The van der Waals surface area contributed by atoms with E-state index in [4.69, 9.17) is 0 Å². The maximum Gasteiger partial charge on any atom is 0.223 e. The number of hydrogen-bond acceptors (Lipinski definition) is 3. The van der Waals surface area contributed by atoms with E-state index in [9.17, 15) is 17.6 Å². The molecule has 1 aliphatic heterocycles. The predicted molar refractivity (Wildman–Crippen MR) is 91.1 cm³/mol. The number of carbonyl (C=O) groups is 1. The van der Waals surface area contributed by atoms with E-state index in [1.54, 1.807) is 18.2 Å². The molecule has 23 heavy (non-hydrogen) atoms. The molecule has 0 spiro atoms. The van der Waals surface area contributed by atoms with Crippen LogP contribution in [0.3, 0.4) is 0 Å². The third kappa shape index (κ3) is 5.14. The SMILES string of the molecule is C=CCN(Cc1cc(Br)ccc1F)C(=O)CC1CCS(=O)(=O)C1. The topological polar surface area (TPSA) is 54.5 Å². The molecule has 126 valence electrons. The summed E-state index contributed by atoms with van der Waals surface area (Å²) in [6.07, 6.45) is 2.27. The van der Waals surface area contributed by atoms with E-state index in [0.717, 1.165) is 4.47 Å². The van der Waals surface area contributed by atoms with Crippen LogP contribution in [-0.4, -0.2) is 37.3 Å². The van der Waals surface area contributed by atoms with Crippen molar-refractivity contribution in [2.45, 2.75) is 19.4 Å². The van der Waals surface area contributed by atoms with Crippen molar-refractivity contribution in [3.05, 3.63) is 46.7 Å². The Morgan fingerprint density at radius 2 is 2.22 bits per heavy atom. The van der Waals surface area contributed by atoms with Gasteiger partial charge in [0.1, 0.15) is 5.82 Å². The highest BCUT2D eigenvalue weighted by atomic mass is 79.9. The van der Waals surface area contributed by atoms with E-state index in [1.807, 2.05) is 0 Å². The first-order valence-corrected chi connectivity index (χ1v) is 9.95. The number of sulfone groups is 1. The molecule has 0 aliphatic carbocycles. The van der Waals surface area contributed by atoms with Gasteiger partial charge in [0.05, 0.1) is 11.5 Å². The van der Waals surface area contributed by atoms with Crippen molar-refractivity contribution in [1.82, 2.24) is 4.90 Å². The first-order valence-electron chi connectivity index (χ1n) is 7.34. The lowest BCUT2D eigenvalue weighted by Gasteiger charge is -2.23. The minimum absolute atomic E-state index is 0.0614. The molecule has 1 fully saturated rings. The van der Waals surface area contributed by atoms with Gasteiger partial charge in [-0.1, -0.05) is 22.0 Å². The van der Waals surface area contributed by atoms with Crippen LogP contribution < -0.4 is 0 Å². The number of benzene rings is 1. The molecule has 0 saturated carbocycles. The smallest absolute Gasteiger partial charge is 0.223 e. The van der Waals surface area contributed by atoms with Crippen LogP contribution in [0.25, 0.3) is 0 Å². The lowest BCUT2D eigenvalue weighted by Crippen LogP contribution is -2.32. The van der Waals surface area contributed by atoms with Gasteiger partial charge in [-0.05, 0) is 30.5 Å². The zero-order valence-electron chi connectivity index (χ0n) is 12.7. The summed E-state index contributed by atoms with van der Waals surface area (Å²) in [5, 5.41) is 0. The Hall–Kier alpha value is -1.21. The van der Waals surface area contributed by atoms with Gasteiger partial charge in [-0.2, -0.15) is 0 Å². The van der Waals surface area contributed by atoms with Crippen LogP contribution in [0.1, 0.15) is 18.4 Å². The predicted octanol–water partition coefficient (Wildman–Crippen LogP) is 2.93. The summed E-state index contributed by atoms with van der Waals surface area (Å²) in [6, 6.07) is 4.58. The maximum absolute atomic E-state index is 13.9. The van der Waals surface area contributed by atoms with Crippen molar-refractivity contribution in [3.63, 3.8) is 0 Å². The molecule has 0 radical (unpaired) electrons. The Morgan fingerprint density at radius 1 is 1.48 bits per heavy atom. The van der Waals surface area contributed by atoms with Gasteiger partial charge in [0.2, 0.25) is 5.91 Å². The standard InChI is InChI=1S/C16H19BrFNO3S/c1-2-6-19(10-13-9-14(17)3-4-15(13)18)16(20)8-12-5-7-23(21,22)11-12/h2-4,9,12H,1,5-8,10-11H2. The fourth-order valence-electron chi connectivity index (χ4n) is 2.69. The number of nitrogens with zero attached hydrogens (tertiary/aromatic N) is 1. The summed E-state index contributed by atoms with van der Waals surface area (Å²) in [5.74, 6) is -0.490. The molecular formula is C16H19BrFNO3S. The molecule has 0 aromatic heterocycles. The molecule has 1 atom stereocenters. The lowest BCUT2D eigenvalue weighted by atomic mass is 10.0. The maximum atomic E-state index is 13.9. The van der Waals surface area contributed by atoms with Gasteiger partial charge < -0.3 is 4.90 Å². The summed E-state index contributed by atoms with van der Waals surface area (Å²) in [4.78, 5) is 14.0. The third-order valence-electron chi connectivity index (χ3n) is 3.86. The fraction of sp³-hybridized carbons (Fsp3) is 0.438. The number of amides is 1. The summed E-state index contributed by atoms with van der Waals surface area (Å²) < 4.78 is 37.6. The second kappa shape index (κ2) is 7.57. The number of carbonyl (C=O) groups excluding carboxylic acids is 1. The molecule has 4 nitrogen and oxygen atoms in total. The summed E-state index contributed by atoms with van der Waals surface area (Å²) in [6.45, 7) is 4.06. The van der Waals surface area contributed by atoms with Crippen LogP contribution in [0, 0.1) is 11.7 Å². The Balaban J connectivity index is 2.07. The molecule has 7 heteroatoms. The zero-order chi connectivity index (χ0) is 17.0. The first kappa shape index (κ1) is 18.1. The highest BCUT2D eigenvalue weighted by molar-refractivity contribution is 9.10. The molecule has 1 saturated heterocycles. The van der Waals surface area contributed by atoms with Crippen molar-refractivity contribution in [3.8, 4) is 0 Å². The summed E-state index contributed by atoms with van der Waals surface area (Å²) >= 11 is 3.29. The average Bonchev–Trinajstić information content (AvgIpc) is 2.81. The number of halogens is 2. The molecule has 1 amide bonds. The van der Waals surface area contributed by atoms with Crippen LogP contribution >= 0.6 is 15.9 Å². The van der Waals surface area contributed by atoms with Crippen molar-refractivity contribution >= 4 is 31.7 Å². The Bertz CT molecular complexity index is 705. The highest BCUT2D eigenvalue weighted by Gasteiger charge is 2.30. The van der Waals surface area contributed by atoms with E-state index in [-0.39, 0.29) is 42.1 Å². The second-order valence-electron chi connectivity index (χ2n) is 5.77. The first-order chi connectivity index (χ1) is 10.8. The Labute approximate surface area is 144 Å². The van der Waals surface area contributed by atoms with E-state index in [0.29, 0.717) is 18.5 Å². The van der Waals surface area contributed by atoms with E-state index in [1.165, 1.54) is 11.0 Å².